The number of imidazole rings is 1. The van der Waals surface area contributed by atoms with E-state index in [4.69, 9.17) is 23.2 Å². The molecule has 1 aromatic carbocycles. The standard InChI is InChI=1S/C14H16Cl2N2S/c1-19-14(6-3-7-14)9-18-11-5-2-4-10(16)13(11)17-12(18)8-15/h2,4-5H,3,6-9H2,1H3. The number of halogens is 2. The van der Waals surface area contributed by atoms with Crippen molar-refractivity contribution in [1.29, 1.82) is 0 Å². The highest BCUT2D eigenvalue weighted by molar-refractivity contribution is 8.00. The molecule has 1 fully saturated rings. The predicted octanol–water partition coefficient (Wildman–Crippen LogP) is 4.71. The number of benzene rings is 1. The molecule has 2 nitrogen and oxygen atoms in total. The van der Waals surface area contributed by atoms with Gasteiger partial charge in [-0.2, -0.15) is 11.8 Å². The van der Waals surface area contributed by atoms with Crippen LogP contribution in [0.2, 0.25) is 5.02 Å². The van der Waals surface area contributed by atoms with Crippen molar-refractivity contribution in [2.75, 3.05) is 6.26 Å². The number of hydrogen-bond acceptors (Lipinski definition) is 2. The average Bonchev–Trinajstić information content (AvgIpc) is 2.73. The van der Waals surface area contributed by atoms with Gasteiger partial charge in [0.25, 0.3) is 0 Å². The third-order valence-electron chi connectivity index (χ3n) is 4.07. The summed E-state index contributed by atoms with van der Waals surface area (Å²) >= 11 is 14.2. The monoisotopic (exact) mass is 314 g/mol. The molecule has 0 bridgehead atoms. The first-order valence-corrected chi connectivity index (χ1v) is 8.57. The van der Waals surface area contributed by atoms with Crippen molar-refractivity contribution in [1.82, 2.24) is 9.55 Å². The van der Waals surface area contributed by atoms with Gasteiger partial charge >= 0.3 is 0 Å². The summed E-state index contributed by atoms with van der Waals surface area (Å²) in [7, 11) is 0. The highest BCUT2D eigenvalue weighted by Gasteiger charge is 2.37. The minimum atomic E-state index is 0.358. The van der Waals surface area contributed by atoms with E-state index in [1.807, 2.05) is 23.9 Å². The molecule has 1 aliphatic rings. The Balaban J connectivity index is 2.08. The van der Waals surface area contributed by atoms with Gasteiger partial charge in [0.1, 0.15) is 11.3 Å². The fourth-order valence-corrected chi connectivity index (χ4v) is 4.10. The topological polar surface area (TPSA) is 17.8 Å². The summed E-state index contributed by atoms with van der Waals surface area (Å²) in [6.07, 6.45) is 6.07. The van der Waals surface area contributed by atoms with Crippen LogP contribution in [-0.2, 0) is 12.4 Å². The first-order valence-electron chi connectivity index (χ1n) is 6.44. The second-order valence-corrected chi connectivity index (χ2v) is 7.04. The lowest BCUT2D eigenvalue weighted by Crippen LogP contribution is -2.38. The lowest BCUT2D eigenvalue weighted by atomic mass is 9.84. The van der Waals surface area contributed by atoms with Crippen LogP contribution in [0, 0.1) is 0 Å². The Labute approximate surface area is 127 Å². The molecule has 5 heteroatoms. The summed E-state index contributed by atoms with van der Waals surface area (Å²) in [6, 6.07) is 5.94. The summed E-state index contributed by atoms with van der Waals surface area (Å²) in [6.45, 7) is 0.979. The molecule has 0 amide bonds. The summed E-state index contributed by atoms with van der Waals surface area (Å²) in [5, 5.41) is 0.703. The Bertz CT molecular complexity index is 599. The van der Waals surface area contributed by atoms with Crippen molar-refractivity contribution in [3.05, 3.63) is 29.0 Å². The molecule has 0 radical (unpaired) electrons. The minimum Gasteiger partial charge on any atom is -0.326 e. The van der Waals surface area contributed by atoms with Gasteiger partial charge in [-0.1, -0.05) is 24.1 Å². The van der Waals surface area contributed by atoms with Crippen molar-refractivity contribution in [3.63, 3.8) is 0 Å². The zero-order chi connectivity index (χ0) is 13.5. The zero-order valence-corrected chi connectivity index (χ0v) is 13.2. The van der Waals surface area contributed by atoms with Gasteiger partial charge in [0, 0.05) is 11.3 Å². The van der Waals surface area contributed by atoms with E-state index in [1.165, 1.54) is 19.3 Å². The van der Waals surface area contributed by atoms with Crippen LogP contribution in [0.15, 0.2) is 18.2 Å². The minimum absolute atomic E-state index is 0.358. The van der Waals surface area contributed by atoms with E-state index in [2.05, 4.69) is 21.9 Å². The number of thioether (sulfide) groups is 1. The van der Waals surface area contributed by atoms with Crippen molar-refractivity contribution in [3.8, 4) is 0 Å². The number of hydrogen-bond donors (Lipinski definition) is 0. The van der Waals surface area contributed by atoms with Gasteiger partial charge in [-0.25, -0.2) is 4.98 Å². The third kappa shape index (κ3) is 2.26. The Kier molecular flexibility index (Phi) is 3.71. The smallest absolute Gasteiger partial charge is 0.124 e. The van der Waals surface area contributed by atoms with Crippen LogP contribution in [0.25, 0.3) is 11.0 Å². The number of rotatable bonds is 4. The fraction of sp³-hybridized carbons (Fsp3) is 0.500. The lowest BCUT2D eigenvalue weighted by Gasteiger charge is -2.41. The zero-order valence-electron chi connectivity index (χ0n) is 10.8. The van der Waals surface area contributed by atoms with E-state index in [-0.39, 0.29) is 0 Å². The largest absolute Gasteiger partial charge is 0.326 e. The van der Waals surface area contributed by atoms with Crippen LogP contribution < -0.4 is 0 Å². The van der Waals surface area contributed by atoms with Gasteiger partial charge in [0.15, 0.2) is 0 Å². The number of nitrogens with zero attached hydrogens (tertiary/aromatic N) is 2. The number of aromatic nitrogens is 2. The van der Waals surface area contributed by atoms with Crippen LogP contribution in [0.5, 0.6) is 0 Å². The van der Waals surface area contributed by atoms with Gasteiger partial charge in [-0.05, 0) is 31.2 Å². The molecule has 19 heavy (non-hydrogen) atoms. The van der Waals surface area contributed by atoms with Crippen LogP contribution in [0.3, 0.4) is 0 Å². The van der Waals surface area contributed by atoms with E-state index in [9.17, 15) is 0 Å². The van der Waals surface area contributed by atoms with Gasteiger partial charge in [0.2, 0.25) is 0 Å². The molecule has 0 unspecified atom stereocenters. The summed E-state index contributed by atoms with van der Waals surface area (Å²) < 4.78 is 2.61. The molecule has 1 saturated carbocycles. The average molecular weight is 315 g/mol. The molecule has 0 aliphatic heterocycles. The van der Waals surface area contributed by atoms with E-state index in [0.29, 0.717) is 15.6 Å². The summed E-state index contributed by atoms with van der Waals surface area (Å²) in [5.41, 5.74) is 1.97. The quantitative estimate of drug-likeness (QED) is 0.760. The first kappa shape index (κ1) is 13.6. The maximum absolute atomic E-state index is 6.23. The maximum Gasteiger partial charge on any atom is 0.124 e. The molecule has 1 aromatic heterocycles. The molecule has 0 saturated heterocycles. The molecule has 102 valence electrons. The van der Waals surface area contributed by atoms with Crippen molar-refractivity contribution in [2.45, 2.75) is 36.4 Å². The van der Waals surface area contributed by atoms with Crippen molar-refractivity contribution >= 4 is 46.0 Å². The molecule has 3 rings (SSSR count). The van der Waals surface area contributed by atoms with Gasteiger partial charge in [0.05, 0.1) is 16.4 Å². The van der Waals surface area contributed by atoms with E-state index >= 15 is 0 Å². The molecule has 0 atom stereocenters. The van der Waals surface area contributed by atoms with Gasteiger partial charge in [-0.3, -0.25) is 0 Å². The number of alkyl halides is 1. The normalized spacial score (nSPS) is 17.6. The Morgan fingerprint density at radius 2 is 2.21 bits per heavy atom. The van der Waals surface area contributed by atoms with Crippen LogP contribution in [0.1, 0.15) is 25.1 Å². The fourth-order valence-electron chi connectivity index (χ4n) is 2.73. The van der Waals surface area contributed by atoms with Gasteiger partial charge < -0.3 is 4.57 Å². The predicted molar refractivity (Wildman–Crippen MR) is 84.4 cm³/mol. The van der Waals surface area contributed by atoms with E-state index in [1.54, 1.807) is 0 Å². The van der Waals surface area contributed by atoms with Crippen molar-refractivity contribution in [2.24, 2.45) is 0 Å². The molecule has 1 heterocycles. The van der Waals surface area contributed by atoms with Crippen LogP contribution in [-0.4, -0.2) is 20.6 Å². The Hall–Kier alpha value is -0.380. The molecular formula is C14H16Cl2N2S. The molecule has 2 aromatic rings. The molecule has 0 spiro atoms. The summed E-state index contributed by atoms with van der Waals surface area (Å²) in [4.78, 5) is 4.60. The molecular weight excluding hydrogens is 299 g/mol. The summed E-state index contributed by atoms with van der Waals surface area (Å²) in [5.74, 6) is 1.35. The number of fused-ring (bicyclic) bond motifs is 1. The van der Waals surface area contributed by atoms with Crippen LogP contribution in [0.4, 0.5) is 0 Å². The van der Waals surface area contributed by atoms with E-state index < -0.39 is 0 Å². The molecule has 0 N–H and O–H groups in total. The number of para-hydroxylation sites is 1. The highest BCUT2D eigenvalue weighted by atomic mass is 35.5. The van der Waals surface area contributed by atoms with Crippen LogP contribution >= 0.6 is 35.0 Å². The third-order valence-corrected chi connectivity index (χ3v) is 6.02. The van der Waals surface area contributed by atoms with Crippen molar-refractivity contribution < 1.29 is 0 Å². The molecule has 1 aliphatic carbocycles. The highest BCUT2D eigenvalue weighted by Crippen LogP contribution is 2.45. The van der Waals surface area contributed by atoms with E-state index in [0.717, 1.165) is 23.4 Å². The SMILES string of the molecule is CSC1(Cn2c(CCl)nc3c(Cl)cccc32)CCC1. The van der Waals surface area contributed by atoms with Gasteiger partial charge in [-0.15, -0.1) is 11.6 Å². The first-order chi connectivity index (χ1) is 9.19. The second kappa shape index (κ2) is 5.19. The Morgan fingerprint density at radius 1 is 1.42 bits per heavy atom. The maximum atomic E-state index is 6.23. The lowest BCUT2D eigenvalue weighted by molar-refractivity contribution is 0.322. The Morgan fingerprint density at radius 3 is 2.79 bits per heavy atom. The second-order valence-electron chi connectivity index (χ2n) is 5.10.